The van der Waals surface area contributed by atoms with E-state index in [0.717, 1.165) is 17.8 Å². The summed E-state index contributed by atoms with van der Waals surface area (Å²) in [5.41, 5.74) is 1.87. The lowest BCUT2D eigenvalue weighted by molar-refractivity contribution is -0.142. The highest BCUT2D eigenvalue weighted by Gasteiger charge is 2.30. The standard InChI is InChI=1S/C11H17N3O2/c1-11(2,3)14-9-5-4-7(10(15)16)6-8(9)12-13-14/h7H,4-6H2,1-3H3,(H,15,16). The van der Waals surface area contributed by atoms with E-state index in [1.165, 1.54) is 0 Å². The maximum absolute atomic E-state index is 10.9. The Hall–Kier alpha value is -1.39. The average Bonchev–Trinajstić information content (AvgIpc) is 2.58. The Balaban J connectivity index is 2.31. The van der Waals surface area contributed by atoms with Crippen LogP contribution < -0.4 is 0 Å². The lowest BCUT2D eigenvalue weighted by atomic mass is 9.89. The summed E-state index contributed by atoms with van der Waals surface area (Å²) in [6.07, 6.45) is 1.96. The first-order valence-electron chi connectivity index (χ1n) is 5.56. The van der Waals surface area contributed by atoms with E-state index in [2.05, 4.69) is 31.1 Å². The molecule has 0 saturated carbocycles. The van der Waals surface area contributed by atoms with Gasteiger partial charge in [0.1, 0.15) is 0 Å². The molecule has 0 saturated heterocycles. The maximum atomic E-state index is 10.9. The summed E-state index contributed by atoms with van der Waals surface area (Å²) >= 11 is 0. The minimum Gasteiger partial charge on any atom is -0.481 e. The summed E-state index contributed by atoms with van der Waals surface area (Å²) < 4.78 is 1.92. The van der Waals surface area contributed by atoms with Crippen LogP contribution in [0.5, 0.6) is 0 Å². The minimum atomic E-state index is -0.726. The molecule has 1 unspecified atom stereocenters. The summed E-state index contributed by atoms with van der Waals surface area (Å²) in [7, 11) is 0. The van der Waals surface area contributed by atoms with Gasteiger partial charge in [0.25, 0.3) is 0 Å². The molecule has 1 N–H and O–H groups in total. The zero-order valence-corrected chi connectivity index (χ0v) is 9.90. The molecule has 0 radical (unpaired) electrons. The largest absolute Gasteiger partial charge is 0.481 e. The van der Waals surface area contributed by atoms with Crippen LogP contribution in [-0.2, 0) is 23.2 Å². The second-order valence-corrected chi connectivity index (χ2v) is 5.34. The van der Waals surface area contributed by atoms with E-state index in [9.17, 15) is 4.79 Å². The van der Waals surface area contributed by atoms with Gasteiger partial charge in [0.2, 0.25) is 0 Å². The Bertz CT molecular complexity index is 417. The third kappa shape index (κ3) is 1.81. The van der Waals surface area contributed by atoms with Gasteiger partial charge in [-0.15, -0.1) is 5.10 Å². The average molecular weight is 223 g/mol. The van der Waals surface area contributed by atoms with Gasteiger partial charge >= 0.3 is 5.97 Å². The highest BCUT2D eigenvalue weighted by atomic mass is 16.4. The van der Waals surface area contributed by atoms with Gasteiger partial charge in [0.05, 0.1) is 22.8 Å². The van der Waals surface area contributed by atoms with Crippen molar-refractivity contribution in [2.75, 3.05) is 0 Å². The van der Waals surface area contributed by atoms with Crippen molar-refractivity contribution in [1.29, 1.82) is 0 Å². The number of hydrogen-bond acceptors (Lipinski definition) is 3. The van der Waals surface area contributed by atoms with Crippen LogP contribution in [0.1, 0.15) is 38.6 Å². The van der Waals surface area contributed by atoms with Crippen LogP contribution in [0.2, 0.25) is 0 Å². The fourth-order valence-corrected chi connectivity index (χ4v) is 2.14. The topological polar surface area (TPSA) is 68.0 Å². The van der Waals surface area contributed by atoms with Gasteiger partial charge in [-0.25, -0.2) is 4.68 Å². The Morgan fingerprint density at radius 1 is 1.50 bits per heavy atom. The molecule has 16 heavy (non-hydrogen) atoms. The minimum absolute atomic E-state index is 0.0867. The maximum Gasteiger partial charge on any atom is 0.306 e. The third-order valence-corrected chi connectivity index (χ3v) is 3.00. The Kier molecular flexibility index (Phi) is 2.48. The fraction of sp³-hybridized carbons (Fsp3) is 0.727. The molecule has 0 aliphatic heterocycles. The first-order chi connectivity index (χ1) is 7.39. The summed E-state index contributed by atoms with van der Waals surface area (Å²) in [5.74, 6) is -1.02. The van der Waals surface area contributed by atoms with Crippen molar-refractivity contribution in [3.63, 3.8) is 0 Å². The van der Waals surface area contributed by atoms with Crippen molar-refractivity contribution in [1.82, 2.24) is 15.0 Å². The molecule has 5 heteroatoms. The van der Waals surface area contributed by atoms with Gasteiger partial charge in [0.15, 0.2) is 0 Å². The first kappa shape index (κ1) is 11.1. The molecule has 1 aromatic heterocycles. The van der Waals surface area contributed by atoms with E-state index in [-0.39, 0.29) is 11.5 Å². The van der Waals surface area contributed by atoms with E-state index < -0.39 is 5.97 Å². The van der Waals surface area contributed by atoms with Gasteiger partial charge in [-0.3, -0.25) is 4.79 Å². The van der Waals surface area contributed by atoms with Crippen molar-refractivity contribution in [2.45, 2.75) is 45.6 Å². The summed E-state index contributed by atoms with van der Waals surface area (Å²) in [6.45, 7) is 6.22. The first-order valence-corrected chi connectivity index (χ1v) is 5.56. The predicted molar refractivity (Wildman–Crippen MR) is 58.2 cm³/mol. The summed E-state index contributed by atoms with van der Waals surface area (Å²) in [4.78, 5) is 10.9. The highest BCUT2D eigenvalue weighted by Crippen LogP contribution is 2.27. The fourth-order valence-electron chi connectivity index (χ4n) is 2.14. The number of fused-ring (bicyclic) bond motifs is 1. The van der Waals surface area contributed by atoms with Crippen LogP contribution in [0.25, 0.3) is 0 Å². The number of carbonyl (C=O) groups is 1. The third-order valence-electron chi connectivity index (χ3n) is 3.00. The molecule has 1 aromatic rings. The molecule has 0 fully saturated rings. The number of rotatable bonds is 1. The zero-order chi connectivity index (χ0) is 11.9. The molecular weight excluding hydrogens is 206 g/mol. The van der Waals surface area contributed by atoms with E-state index in [0.29, 0.717) is 12.8 Å². The highest BCUT2D eigenvalue weighted by molar-refractivity contribution is 5.70. The number of aliphatic carboxylic acids is 1. The van der Waals surface area contributed by atoms with E-state index in [1.807, 2.05) is 4.68 Å². The van der Waals surface area contributed by atoms with Crippen LogP contribution in [0.3, 0.4) is 0 Å². The van der Waals surface area contributed by atoms with Crippen LogP contribution >= 0.6 is 0 Å². The van der Waals surface area contributed by atoms with Crippen molar-refractivity contribution in [3.05, 3.63) is 11.4 Å². The quantitative estimate of drug-likeness (QED) is 0.777. The SMILES string of the molecule is CC(C)(C)n1nnc2c1CCC(C(=O)O)C2. The van der Waals surface area contributed by atoms with Gasteiger partial charge in [0, 0.05) is 6.42 Å². The van der Waals surface area contributed by atoms with E-state index in [1.54, 1.807) is 0 Å². The second kappa shape index (κ2) is 3.57. The van der Waals surface area contributed by atoms with Crippen LogP contribution in [0.4, 0.5) is 0 Å². The molecule has 1 aliphatic carbocycles. The van der Waals surface area contributed by atoms with E-state index >= 15 is 0 Å². The van der Waals surface area contributed by atoms with Gasteiger partial charge < -0.3 is 5.11 Å². The summed E-state index contributed by atoms with van der Waals surface area (Å²) in [6, 6.07) is 0. The van der Waals surface area contributed by atoms with Crippen LogP contribution in [0.15, 0.2) is 0 Å². The molecule has 5 nitrogen and oxygen atoms in total. The van der Waals surface area contributed by atoms with Gasteiger partial charge in [-0.2, -0.15) is 0 Å². The van der Waals surface area contributed by atoms with Gasteiger partial charge in [-0.1, -0.05) is 5.21 Å². The van der Waals surface area contributed by atoms with Crippen molar-refractivity contribution < 1.29 is 9.90 Å². The van der Waals surface area contributed by atoms with Crippen molar-refractivity contribution in [3.8, 4) is 0 Å². The second-order valence-electron chi connectivity index (χ2n) is 5.34. The molecule has 0 aromatic carbocycles. The molecule has 88 valence electrons. The molecule has 1 heterocycles. The van der Waals surface area contributed by atoms with Crippen molar-refractivity contribution >= 4 is 5.97 Å². The Morgan fingerprint density at radius 3 is 2.75 bits per heavy atom. The van der Waals surface area contributed by atoms with Crippen LogP contribution in [-0.4, -0.2) is 26.1 Å². The molecule has 1 aliphatic rings. The molecule has 0 amide bonds. The summed E-state index contributed by atoms with van der Waals surface area (Å²) in [5, 5.41) is 17.2. The molecule has 0 bridgehead atoms. The Morgan fingerprint density at radius 2 is 2.19 bits per heavy atom. The number of nitrogens with zero attached hydrogens (tertiary/aromatic N) is 3. The van der Waals surface area contributed by atoms with Crippen molar-refractivity contribution in [2.24, 2.45) is 5.92 Å². The molecule has 0 spiro atoms. The van der Waals surface area contributed by atoms with E-state index in [4.69, 9.17) is 5.11 Å². The molecular formula is C11H17N3O2. The lowest BCUT2D eigenvalue weighted by Gasteiger charge is -2.24. The smallest absolute Gasteiger partial charge is 0.306 e. The monoisotopic (exact) mass is 223 g/mol. The normalized spacial score (nSPS) is 20.6. The number of hydrogen-bond donors (Lipinski definition) is 1. The number of aromatic nitrogens is 3. The zero-order valence-electron chi connectivity index (χ0n) is 9.90. The predicted octanol–water partition coefficient (Wildman–Crippen LogP) is 1.22. The molecule has 2 rings (SSSR count). The Labute approximate surface area is 94.5 Å². The number of carboxylic acids is 1. The van der Waals surface area contributed by atoms with Crippen LogP contribution in [0, 0.1) is 5.92 Å². The van der Waals surface area contributed by atoms with Gasteiger partial charge in [-0.05, 0) is 33.6 Å². The number of carboxylic acid groups (broad SMARTS) is 1. The molecule has 1 atom stereocenters. The lowest BCUT2D eigenvalue weighted by Crippen LogP contribution is -2.28.